The maximum absolute atomic E-state index is 4.19. The van der Waals surface area contributed by atoms with Gasteiger partial charge in [-0.05, 0) is 42.9 Å². The Labute approximate surface area is 111 Å². The standard InChI is InChI=1S/C12H19N5S/c1-3-6-13-11(12-8-14-16-18-12)5-4-10-7-15-17(2)9-10/h7-9,11,13H,3-6H2,1-2H3. The molecule has 2 heterocycles. The van der Waals surface area contributed by atoms with Crippen molar-refractivity contribution >= 4 is 11.5 Å². The molecule has 0 spiro atoms. The van der Waals surface area contributed by atoms with E-state index in [4.69, 9.17) is 0 Å². The molecule has 1 unspecified atom stereocenters. The molecule has 5 nitrogen and oxygen atoms in total. The Kier molecular flexibility index (Phi) is 4.83. The lowest BCUT2D eigenvalue weighted by Gasteiger charge is -2.15. The zero-order chi connectivity index (χ0) is 12.8. The average molecular weight is 265 g/mol. The molecule has 0 aromatic carbocycles. The van der Waals surface area contributed by atoms with Crippen molar-refractivity contribution in [3.05, 3.63) is 29.0 Å². The molecule has 2 rings (SSSR count). The van der Waals surface area contributed by atoms with Gasteiger partial charge >= 0.3 is 0 Å². The number of nitrogens with zero attached hydrogens (tertiary/aromatic N) is 4. The van der Waals surface area contributed by atoms with Crippen molar-refractivity contribution in [2.75, 3.05) is 6.54 Å². The van der Waals surface area contributed by atoms with Gasteiger partial charge in [0.2, 0.25) is 0 Å². The first-order valence-electron chi connectivity index (χ1n) is 6.27. The molecule has 0 amide bonds. The Hall–Kier alpha value is -1.27. The van der Waals surface area contributed by atoms with Crippen LogP contribution in [-0.4, -0.2) is 25.9 Å². The van der Waals surface area contributed by atoms with Gasteiger partial charge in [0.1, 0.15) is 0 Å². The average Bonchev–Trinajstić information content (AvgIpc) is 3.01. The van der Waals surface area contributed by atoms with Crippen LogP contribution in [0, 0.1) is 0 Å². The lowest BCUT2D eigenvalue weighted by Crippen LogP contribution is -2.21. The monoisotopic (exact) mass is 265 g/mol. The summed E-state index contributed by atoms with van der Waals surface area (Å²) in [5.41, 5.74) is 1.28. The maximum Gasteiger partial charge on any atom is 0.0669 e. The molecule has 18 heavy (non-hydrogen) atoms. The van der Waals surface area contributed by atoms with E-state index >= 15 is 0 Å². The van der Waals surface area contributed by atoms with Crippen molar-refractivity contribution in [2.45, 2.75) is 32.2 Å². The molecular formula is C12H19N5S. The van der Waals surface area contributed by atoms with Gasteiger partial charge in [-0.2, -0.15) is 5.10 Å². The molecule has 0 aliphatic carbocycles. The molecule has 0 aliphatic rings. The quantitative estimate of drug-likeness (QED) is 0.831. The molecule has 0 bridgehead atoms. The molecule has 6 heteroatoms. The van der Waals surface area contributed by atoms with Crippen LogP contribution in [0.4, 0.5) is 0 Å². The van der Waals surface area contributed by atoms with Crippen LogP contribution in [0.1, 0.15) is 36.2 Å². The van der Waals surface area contributed by atoms with Crippen molar-refractivity contribution in [3.8, 4) is 0 Å². The first-order valence-corrected chi connectivity index (χ1v) is 7.05. The fourth-order valence-electron chi connectivity index (χ4n) is 1.90. The zero-order valence-corrected chi connectivity index (χ0v) is 11.7. The molecule has 98 valence electrons. The van der Waals surface area contributed by atoms with Gasteiger partial charge in [-0.25, -0.2) is 0 Å². The maximum atomic E-state index is 4.19. The number of aryl methyl sites for hydroxylation is 2. The smallest absolute Gasteiger partial charge is 0.0669 e. The van der Waals surface area contributed by atoms with Crippen molar-refractivity contribution < 1.29 is 0 Å². The molecular weight excluding hydrogens is 246 g/mol. The second-order valence-corrected chi connectivity index (χ2v) is 5.20. The van der Waals surface area contributed by atoms with Gasteiger partial charge < -0.3 is 5.32 Å². The lowest BCUT2D eigenvalue weighted by atomic mass is 10.1. The summed E-state index contributed by atoms with van der Waals surface area (Å²) in [4.78, 5) is 1.22. The highest BCUT2D eigenvalue weighted by Crippen LogP contribution is 2.21. The van der Waals surface area contributed by atoms with Crippen LogP contribution in [0.25, 0.3) is 0 Å². The number of nitrogens with one attached hydrogen (secondary N) is 1. The molecule has 2 aromatic rings. The highest BCUT2D eigenvalue weighted by Gasteiger charge is 2.13. The Morgan fingerprint density at radius 1 is 1.44 bits per heavy atom. The summed E-state index contributed by atoms with van der Waals surface area (Å²) in [6.45, 7) is 3.20. The minimum atomic E-state index is 0.352. The van der Waals surface area contributed by atoms with Gasteiger partial charge in [0.05, 0.1) is 17.3 Å². The lowest BCUT2D eigenvalue weighted by molar-refractivity contribution is 0.505. The third-order valence-corrected chi connectivity index (χ3v) is 3.62. The fraction of sp³-hybridized carbons (Fsp3) is 0.583. The van der Waals surface area contributed by atoms with Gasteiger partial charge in [0, 0.05) is 19.3 Å². The van der Waals surface area contributed by atoms with E-state index in [1.807, 2.05) is 24.1 Å². The van der Waals surface area contributed by atoms with Crippen LogP contribution in [0.2, 0.25) is 0 Å². The number of rotatable bonds is 7. The topological polar surface area (TPSA) is 55.6 Å². The van der Waals surface area contributed by atoms with E-state index in [0.717, 1.165) is 25.8 Å². The second-order valence-electron chi connectivity index (χ2n) is 4.39. The zero-order valence-electron chi connectivity index (χ0n) is 10.8. The van der Waals surface area contributed by atoms with Crippen LogP contribution >= 0.6 is 11.5 Å². The highest BCUT2D eigenvalue weighted by atomic mass is 32.1. The van der Waals surface area contributed by atoms with E-state index in [2.05, 4.69) is 33.1 Å². The van der Waals surface area contributed by atoms with Crippen molar-refractivity contribution in [1.82, 2.24) is 24.7 Å². The third kappa shape index (κ3) is 3.61. The van der Waals surface area contributed by atoms with E-state index < -0.39 is 0 Å². The molecule has 0 radical (unpaired) electrons. The Balaban J connectivity index is 1.93. The van der Waals surface area contributed by atoms with E-state index in [1.165, 1.54) is 22.0 Å². The molecule has 0 fully saturated rings. The number of aromatic nitrogens is 4. The predicted octanol–water partition coefficient (Wildman–Crippen LogP) is 1.95. The molecule has 0 saturated carbocycles. The van der Waals surface area contributed by atoms with E-state index in [-0.39, 0.29) is 0 Å². The fourth-order valence-corrected chi connectivity index (χ4v) is 2.52. The molecule has 0 saturated heterocycles. The second kappa shape index (κ2) is 6.61. The van der Waals surface area contributed by atoms with Crippen LogP contribution in [0.3, 0.4) is 0 Å². The minimum absolute atomic E-state index is 0.352. The van der Waals surface area contributed by atoms with Crippen molar-refractivity contribution in [2.24, 2.45) is 7.05 Å². The summed E-state index contributed by atoms with van der Waals surface area (Å²) < 4.78 is 5.79. The summed E-state index contributed by atoms with van der Waals surface area (Å²) in [5.74, 6) is 0. The Morgan fingerprint density at radius 2 is 2.33 bits per heavy atom. The normalized spacial score (nSPS) is 12.8. The number of hydrogen-bond acceptors (Lipinski definition) is 5. The third-order valence-electron chi connectivity index (χ3n) is 2.84. The summed E-state index contributed by atoms with van der Waals surface area (Å²) in [5, 5.41) is 11.7. The van der Waals surface area contributed by atoms with Crippen LogP contribution in [0.5, 0.6) is 0 Å². The van der Waals surface area contributed by atoms with E-state index in [0.29, 0.717) is 6.04 Å². The summed E-state index contributed by atoms with van der Waals surface area (Å²) >= 11 is 1.48. The van der Waals surface area contributed by atoms with Gasteiger partial charge in [0.25, 0.3) is 0 Å². The Bertz CT molecular complexity index is 451. The van der Waals surface area contributed by atoms with Crippen molar-refractivity contribution in [3.63, 3.8) is 0 Å². The largest absolute Gasteiger partial charge is 0.309 e. The SMILES string of the molecule is CCCNC(CCc1cnn(C)c1)c1cnns1. The van der Waals surface area contributed by atoms with E-state index in [1.54, 1.807) is 0 Å². The van der Waals surface area contributed by atoms with E-state index in [9.17, 15) is 0 Å². The summed E-state index contributed by atoms with van der Waals surface area (Å²) in [7, 11) is 1.95. The Morgan fingerprint density at radius 3 is 2.94 bits per heavy atom. The van der Waals surface area contributed by atoms with Crippen LogP contribution in [0.15, 0.2) is 18.6 Å². The molecule has 1 atom stereocenters. The van der Waals surface area contributed by atoms with Crippen LogP contribution in [-0.2, 0) is 13.5 Å². The van der Waals surface area contributed by atoms with Gasteiger partial charge in [0.15, 0.2) is 0 Å². The number of hydrogen-bond donors (Lipinski definition) is 1. The molecule has 1 N–H and O–H groups in total. The molecule has 2 aromatic heterocycles. The summed E-state index contributed by atoms with van der Waals surface area (Å²) in [6.07, 6.45) is 9.07. The highest BCUT2D eigenvalue weighted by molar-refractivity contribution is 7.05. The molecule has 0 aliphatic heterocycles. The minimum Gasteiger partial charge on any atom is -0.309 e. The van der Waals surface area contributed by atoms with Gasteiger partial charge in [-0.1, -0.05) is 11.4 Å². The predicted molar refractivity (Wildman–Crippen MR) is 72.5 cm³/mol. The van der Waals surface area contributed by atoms with Crippen molar-refractivity contribution in [1.29, 1.82) is 0 Å². The first kappa shape index (κ1) is 13.2. The van der Waals surface area contributed by atoms with Gasteiger partial charge in [-0.15, -0.1) is 5.10 Å². The van der Waals surface area contributed by atoms with Gasteiger partial charge in [-0.3, -0.25) is 4.68 Å². The van der Waals surface area contributed by atoms with Crippen LogP contribution < -0.4 is 5.32 Å². The first-order chi connectivity index (χ1) is 8.79. The summed E-state index contributed by atoms with van der Waals surface area (Å²) in [6, 6.07) is 0.352.